The van der Waals surface area contributed by atoms with Crippen molar-refractivity contribution in [2.24, 2.45) is 5.92 Å². The lowest BCUT2D eigenvalue weighted by molar-refractivity contribution is 0.612. The van der Waals surface area contributed by atoms with Crippen LogP contribution in [-0.2, 0) is 6.42 Å². The van der Waals surface area contributed by atoms with Gasteiger partial charge in [0.25, 0.3) is 0 Å². The first-order valence-electron chi connectivity index (χ1n) is 6.11. The molecule has 1 aliphatic carbocycles. The molecule has 1 aromatic rings. The minimum absolute atomic E-state index is 1.05. The molecule has 1 aromatic carbocycles. The molecule has 1 aliphatic rings. The summed E-state index contributed by atoms with van der Waals surface area (Å²) in [6.45, 7) is 4.52. The molecule has 0 bridgehead atoms. The van der Waals surface area contributed by atoms with E-state index in [4.69, 9.17) is 0 Å². The van der Waals surface area contributed by atoms with Crippen LogP contribution < -0.4 is 5.32 Å². The van der Waals surface area contributed by atoms with Gasteiger partial charge in [0, 0.05) is 0 Å². The minimum atomic E-state index is 1.05. The van der Waals surface area contributed by atoms with Crippen LogP contribution >= 0.6 is 0 Å². The third-order valence-corrected chi connectivity index (χ3v) is 3.26. The molecule has 0 aromatic heterocycles. The Kier molecular flexibility index (Phi) is 3.79. The van der Waals surface area contributed by atoms with Crippen LogP contribution in [0.25, 0.3) is 0 Å². The lowest BCUT2D eigenvalue weighted by Crippen LogP contribution is -2.19. The van der Waals surface area contributed by atoms with Crippen LogP contribution in [0.5, 0.6) is 0 Å². The van der Waals surface area contributed by atoms with Crippen LogP contribution in [0.1, 0.15) is 30.4 Å². The second-order valence-electron chi connectivity index (χ2n) is 4.66. The second kappa shape index (κ2) is 5.32. The van der Waals surface area contributed by atoms with Crippen molar-refractivity contribution >= 4 is 0 Å². The fraction of sp³-hybridized carbons (Fsp3) is 0.571. The number of benzene rings is 1. The summed E-state index contributed by atoms with van der Waals surface area (Å²) < 4.78 is 0. The molecule has 82 valence electrons. The van der Waals surface area contributed by atoms with Crippen LogP contribution in [0.2, 0.25) is 0 Å². The van der Waals surface area contributed by atoms with Gasteiger partial charge in [0.05, 0.1) is 0 Å². The Bertz CT molecular complexity index is 302. The molecule has 1 heteroatoms. The van der Waals surface area contributed by atoms with Gasteiger partial charge in [-0.3, -0.25) is 0 Å². The van der Waals surface area contributed by atoms with Crippen molar-refractivity contribution in [3.05, 3.63) is 35.4 Å². The molecule has 1 saturated carbocycles. The first kappa shape index (κ1) is 10.7. The maximum Gasteiger partial charge on any atom is -0.000825 e. The zero-order valence-corrected chi connectivity index (χ0v) is 9.63. The summed E-state index contributed by atoms with van der Waals surface area (Å²) in [5.41, 5.74) is 2.90. The summed E-state index contributed by atoms with van der Waals surface area (Å²) >= 11 is 0. The van der Waals surface area contributed by atoms with E-state index < -0.39 is 0 Å². The van der Waals surface area contributed by atoms with Gasteiger partial charge in [-0.1, -0.05) is 37.1 Å². The molecule has 2 rings (SSSR count). The first-order chi connectivity index (χ1) is 7.36. The van der Waals surface area contributed by atoms with Crippen LogP contribution in [0.15, 0.2) is 24.3 Å². The summed E-state index contributed by atoms with van der Waals surface area (Å²) in [6.07, 6.45) is 5.49. The van der Waals surface area contributed by atoms with Crippen molar-refractivity contribution in [2.45, 2.75) is 32.6 Å². The molecule has 0 radical (unpaired) electrons. The number of hydrogen-bond donors (Lipinski definition) is 1. The van der Waals surface area contributed by atoms with Gasteiger partial charge in [-0.05, 0) is 49.9 Å². The highest BCUT2D eigenvalue weighted by Gasteiger charge is 2.19. The predicted octanol–water partition coefficient (Wildman–Crippen LogP) is 2.93. The summed E-state index contributed by atoms with van der Waals surface area (Å²) in [6, 6.07) is 8.67. The second-order valence-corrected chi connectivity index (χ2v) is 4.66. The largest absolute Gasteiger partial charge is 0.316 e. The van der Waals surface area contributed by atoms with Gasteiger partial charge >= 0.3 is 0 Å². The highest BCUT2D eigenvalue weighted by molar-refractivity contribution is 5.25. The number of aryl methyl sites for hydroxylation is 1. The van der Waals surface area contributed by atoms with Crippen molar-refractivity contribution in [3.8, 4) is 0 Å². The van der Waals surface area contributed by atoms with Gasteiger partial charge in [-0.2, -0.15) is 0 Å². The Balaban J connectivity index is 1.62. The molecule has 1 N–H and O–H groups in total. The number of hydrogen-bond acceptors (Lipinski definition) is 1. The van der Waals surface area contributed by atoms with Gasteiger partial charge in [0.1, 0.15) is 0 Å². The molecule has 1 nitrogen and oxygen atoms in total. The standard InChI is InChI=1S/C14H21N/c1-12-4-2-3-5-14(12)9-11-15-10-8-13-6-7-13/h2-5,13,15H,6-11H2,1H3. The van der Waals surface area contributed by atoms with Crippen molar-refractivity contribution in [1.82, 2.24) is 5.32 Å². The number of nitrogens with one attached hydrogen (secondary N) is 1. The minimum Gasteiger partial charge on any atom is -0.316 e. The van der Waals surface area contributed by atoms with Gasteiger partial charge in [-0.15, -0.1) is 0 Å². The third-order valence-electron chi connectivity index (χ3n) is 3.26. The smallest absolute Gasteiger partial charge is 0.000825 e. The van der Waals surface area contributed by atoms with Crippen LogP contribution in [0.4, 0.5) is 0 Å². The molecule has 0 amide bonds. The van der Waals surface area contributed by atoms with E-state index in [2.05, 4.69) is 36.5 Å². The van der Waals surface area contributed by atoms with Crippen LogP contribution in [0, 0.1) is 12.8 Å². The van der Waals surface area contributed by atoms with Crippen molar-refractivity contribution in [1.29, 1.82) is 0 Å². The van der Waals surface area contributed by atoms with E-state index >= 15 is 0 Å². The highest BCUT2D eigenvalue weighted by Crippen LogP contribution is 2.31. The van der Waals surface area contributed by atoms with Gasteiger partial charge in [-0.25, -0.2) is 0 Å². The van der Waals surface area contributed by atoms with E-state index in [1.165, 1.54) is 36.9 Å². The van der Waals surface area contributed by atoms with E-state index in [-0.39, 0.29) is 0 Å². The Morgan fingerprint density at radius 2 is 2.00 bits per heavy atom. The lowest BCUT2D eigenvalue weighted by atomic mass is 10.1. The van der Waals surface area contributed by atoms with Gasteiger partial charge in [0.15, 0.2) is 0 Å². The summed E-state index contributed by atoms with van der Waals surface area (Å²) in [4.78, 5) is 0. The van der Waals surface area contributed by atoms with Gasteiger partial charge < -0.3 is 5.32 Å². The molecular formula is C14H21N. The van der Waals surface area contributed by atoms with Gasteiger partial charge in [0.2, 0.25) is 0 Å². The molecule has 0 spiro atoms. The maximum absolute atomic E-state index is 3.53. The molecule has 0 atom stereocenters. The zero-order chi connectivity index (χ0) is 10.5. The Morgan fingerprint density at radius 1 is 1.20 bits per heavy atom. The summed E-state index contributed by atoms with van der Waals surface area (Å²) in [5, 5.41) is 3.53. The number of rotatable bonds is 6. The Morgan fingerprint density at radius 3 is 2.73 bits per heavy atom. The average molecular weight is 203 g/mol. The molecule has 0 saturated heterocycles. The van der Waals surface area contributed by atoms with E-state index in [1.807, 2.05) is 0 Å². The highest BCUT2D eigenvalue weighted by atomic mass is 14.8. The van der Waals surface area contributed by atoms with E-state index in [0.717, 1.165) is 18.9 Å². The fourth-order valence-electron chi connectivity index (χ4n) is 1.95. The molecule has 0 heterocycles. The monoisotopic (exact) mass is 203 g/mol. The molecular weight excluding hydrogens is 182 g/mol. The molecule has 0 aliphatic heterocycles. The topological polar surface area (TPSA) is 12.0 Å². The lowest BCUT2D eigenvalue weighted by Gasteiger charge is -2.06. The van der Waals surface area contributed by atoms with Crippen molar-refractivity contribution < 1.29 is 0 Å². The Labute approximate surface area is 92.9 Å². The predicted molar refractivity (Wildman–Crippen MR) is 65.1 cm³/mol. The van der Waals surface area contributed by atoms with E-state index in [0.29, 0.717) is 0 Å². The first-order valence-corrected chi connectivity index (χ1v) is 6.11. The van der Waals surface area contributed by atoms with Crippen molar-refractivity contribution in [2.75, 3.05) is 13.1 Å². The van der Waals surface area contributed by atoms with Crippen LogP contribution in [0.3, 0.4) is 0 Å². The fourth-order valence-corrected chi connectivity index (χ4v) is 1.95. The van der Waals surface area contributed by atoms with E-state index in [9.17, 15) is 0 Å². The maximum atomic E-state index is 3.53. The van der Waals surface area contributed by atoms with Crippen LogP contribution in [-0.4, -0.2) is 13.1 Å². The average Bonchev–Trinajstić information content (AvgIpc) is 3.04. The third kappa shape index (κ3) is 3.67. The van der Waals surface area contributed by atoms with E-state index in [1.54, 1.807) is 0 Å². The molecule has 1 fully saturated rings. The molecule has 0 unspecified atom stereocenters. The zero-order valence-electron chi connectivity index (χ0n) is 9.63. The Hall–Kier alpha value is -0.820. The summed E-state index contributed by atoms with van der Waals surface area (Å²) in [7, 11) is 0. The normalized spacial score (nSPS) is 15.5. The summed E-state index contributed by atoms with van der Waals surface area (Å²) in [5.74, 6) is 1.05. The molecule has 15 heavy (non-hydrogen) atoms. The SMILES string of the molecule is Cc1ccccc1CCNCCC1CC1. The quantitative estimate of drug-likeness (QED) is 0.701. The van der Waals surface area contributed by atoms with Crippen molar-refractivity contribution in [3.63, 3.8) is 0 Å².